The second-order valence-corrected chi connectivity index (χ2v) is 7.66. The molecule has 2 saturated heterocycles. The van der Waals surface area contributed by atoms with Gasteiger partial charge in [-0.15, -0.1) is 24.8 Å². The summed E-state index contributed by atoms with van der Waals surface area (Å²) in [5.41, 5.74) is 10.6. The zero-order valence-electron chi connectivity index (χ0n) is 16.9. The molecule has 0 spiro atoms. The van der Waals surface area contributed by atoms with Crippen LogP contribution in [0.15, 0.2) is 24.3 Å². The minimum Gasteiger partial charge on any atom is -0.341 e. The number of likely N-dealkylation sites (tertiary alicyclic amines) is 1. The molecule has 1 aromatic heterocycles. The van der Waals surface area contributed by atoms with Gasteiger partial charge in [-0.05, 0) is 50.8 Å². The second-order valence-electron chi connectivity index (χ2n) is 7.66. The van der Waals surface area contributed by atoms with Crippen LogP contribution in [-0.4, -0.2) is 53.0 Å². The lowest BCUT2D eigenvalue weighted by atomic mass is 10.0. The van der Waals surface area contributed by atoms with E-state index in [-0.39, 0.29) is 36.8 Å². The van der Waals surface area contributed by atoms with E-state index in [9.17, 15) is 4.79 Å². The summed E-state index contributed by atoms with van der Waals surface area (Å²) in [6.45, 7) is 7.46. The van der Waals surface area contributed by atoms with E-state index in [4.69, 9.17) is 15.7 Å². The number of hydrogen-bond acceptors (Lipinski definition) is 5. The van der Waals surface area contributed by atoms with Crippen LogP contribution in [0.2, 0.25) is 0 Å². The largest absolute Gasteiger partial charge is 0.341 e. The van der Waals surface area contributed by atoms with Gasteiger partial charge in [-0.1, -0.05) is 12.1 Å². The molecule has 0 bridgehead atoms. The molecule has 2 N–H and O–H groups in total. The molecule has 4 rings (SSSR count). The van der Waals surface area contributed by atoms with Gasteiger partial charge >= 0.3 is 0 Å². The number of carbonyl (C=O) groups is 1. The van der Waals surface area contributed by atoms with E-state index < -0.39 is 0 Å². The maximum absolute atomic E-state index is 12.8. The number of rotatable bonds is 3. The minimum atomic E-state index is 0. The number of aryl methyl sites for hydroxylation is 1. The Labute approximate surface area is 184 Å². The number of hydrogen-bond donors (Lipinski definition) is 1. The molecule has 1 atom stereocenters. The van der Waals surface area contributed by atoms with E-state index in [0.29, 0.717) is 12.1 Å². The van der Waals surface area contributed by atoms with E-state index in [2.05, 4.69) is 4.90 Å². The lowest BCUT2D eigenvalue weighted by Gasteiger charge is -2.19. The average Bonchev–Trinajstić information content (AvgIpc) is 3.35. The number of carbonyl (C=O) groups excluding carboxylic acids is 1. The summed E-state index contributed by atoms with van der Waals surface area (Å²) in [4.78, 5) is 26.5. The van der Waals surface area contributed by atoms with Crippen molar-refractivity contribution in [2.24, 2.45) is 5.73 Å². The van der Waals surface area contributed by atoms with Gasteiger partial charge in [0, 0.05) is 49.0 Å². The Hall–Kier alpha value is -1.89. The van der Waals surface area contributed by atoms with Crippen molar-refractivity contribution in [3.63, 3.8) is 0 Å². The summed E-state index contributed by atoms with van der Waals surface area (Å²) in [6, 6.07) is 7.88. The molecule has 1 amide bonds. The Morgan fingerprint density at radius 1 is 1.10 bits per heavy atom. The van der Waals surface area contributed by atoms with Crippen LogP contribution in [-0.2, 0) is 0 Å². The van der Waals surface area contributed by atoms with Crippen molar-refractivity contribution in [1.29, 1.82) is 0 Å². The van der Waals surface area contributed by atoms with Gasteiger partial charge in [-0.2, -0.15) is 0 Å². The van der Waals surface area contributed by atoms with Crippen molar-refractivity contribution < 1.29 is 4.79 Å². The first kappa shape index (κ1) is 23.4. The highest BCUT2D eigenvalue weighted by Gasteiger charge is 2.25. The zero-order chi connectivity index (χ0) is 19.0. The summed E-state index contributed by atoms with van der Waals surface area (Å²) in [5, 5.41) is 0. The van der Waals surface area contributed by atoms with Gasteiger partial charge in [-0.3, -0.25) is 4.79 Å². The number of nitrogens with zero attached hydrogens (tertiary/aromatic N) is 4. The second kappa shape index (κ2) is 9.74. The molecule has 3 heterocycles. The Morgan fingerprint density at radius 2 is 1.83 bits per heavy atom. The smallest absolute Gasteiger partial charge is 0.253 e. The summed E-state index contributed by atoms with van der Waals surface area (Å²) in [5.74, 6) is 0.848. The van der Waals surface area contributed by atoms with Crippen LogP contribution in [0, 0.1) is 13.8 Å². The van der Waals surface area contributed by atoms with E-state index in [0.717, 1.165) is 54.5 Å². The van der Waals surface area contributed by atoms with Crippen molar-refractivity contribution in [2.75, 3.05) is 31.1 Å². The molecule has 0 saturated carbocycles. The van der Waals surface area contributed by atoms with Gasteiger partial charge in [0.05, 0.1) is 5.69 Å². The van der Waals surface area contributed by atoms with E-state index in [1.807, 2.05) is 43.0 Å². The molecule has 2 aliphatic heterocycles. The third kappa shape index (κ3) is 4.82. The highest BCUT2D eigenvalue weighted by Crippen LogP contribution is 2.28. The molecule has 1 unspecified atom stereocenters. The molecule has 1 aromatic carbocycles. The lowest BCUT2D eigenvalue weighted by molar-refractivity contribution is 0.0791. The standard InChI is InChI=1S/C21H27N5O.2ClH/c1-14-15(2)23-21(25-9-3-4-10-25)24-19(14)16-6-5-7-17(12-16)20(27)26-11-8-18(22)13-26;;/h5-7,12,18H,3-4,8-11,13,22H2,1-2H3;2*1H. The van der Waals surface area contributed by atoms with Crippen LogP contribution in [0.4, 0.5) is 5.95 Å². The fraction of sp³-hybridized carbons (Fsp3) is 0.476. The van der Waals surface area contributed by atoms with Crippen molar-refractivity contribution in [3.05, 3.63) is 41.1 Å². The molecule has 0 radical (unpaired) electrons. The first-order valence-corrected chi connectivity index (χ1v) is 9.78. The Morgan fingerprint density at radius 3 is 2.48 bits per heavy atom. The highest BCUT2D eigenvalue weighted by molar-refractivity contribution is 5.95. The Bertz CT molecular complexity index is 870. The molecule has 2 aliphatic rings. The zero-order valence-corrected chi connectivity index (χ0v) is 18.6. The molecular formula is C21H29Cl2N5O. The van der Waals surface area contributed by atoms with E-state index >= 15 is 0 Å². The van der Waals surface area contributed by atoms with Crippen LogP contribution in [0.5, 0.6) is 0 Å². The van der Waals surface area contributed by atoms with Crippen LogP contribution >= 0.6 is 24.8 Å². The number of amides is 1. The molecule has 0 aliphatic carbocycles. The van der Waals surface area contributed by atoms with Crippen LogP contribution in [0.1, 0.15) is 40.9 Å². The predicted molar refractivity (Wildman–Crippen MR) is 121 cm³/mol. The first-order chi connectivity index (χ1) is 13.0. The van der Waals surface area contributed by atoms with Gasteiger partial charge in [0.25, 0.3) is 5.91 Å². The lowest BCUT2D eigenvalue weighted by Crippen LogP contribution is -2.31. The van der Waals surface area contributed by atoms with Crippen LogP contribution in [0.3, 0.4) is 0 Å². The monoisotopic (exact) mass is 437 g/mol. The molecule has 158 valence electrons. The van der Waals surface area contributed by atoms with Crippen molar-refractivity contribution >= 4 is 36.7 Å². The topological polar surface area (TPSA) is 75.4 Å². The third-order valence-corrected chi connectivity index (χ3v) is 5.66. The number of benzene rings is 1. The SMILES string of the molecule is Cc1nc(N2CCCC2)nc(-c2cccc(C(=O)N3CCC(N)C3)c2)c1C.Cl.Cl. The number of anilines is 1. The molecule has 6 nitrogen and oxygen atoms in total. The summed E-state index contributed by atoms with van der Waals surface area (Å²) >= 11 is 0. The fourth-order valence-corrected chi connectivity index (χ4v) is 3.91. The number of aromatic nitrogens is 2. The van der Waals surface area contributed by atoms with Crippen molar-refractivity contribution in [3.8, 4) is 11.3 Å². The molecule has 2 fully saturated rings. The summed E-state index contributed by atoms with van der Waals surface area (Å²) in [6.07, 6.45) is 3.25. The normalized spacial score (nSPS) is 18.4. The Balaban J connectivity index is 0.00000150. The summed E-state index contributed by atoms with van der Waals surface area (Å²) < 4.78 is 0. The van der Waals surface area contributed by atoms with E-state index in [1.54, 1.807) is 0 Å². The molecule has 2 aromatic rings. The van der Waals surface area contributed by atoms with Crippen LogP contribution < -0.4 is 10.6 Å². The van der Waals surface area contributed by atoms with Crippen molar-refractivity contribution in [2.45, 2.75) is 39.2 Å². The number of halogens is 2. The maximum atomic E-state index is 12.8. The van der Waals surface area contributed by atoms with Gasteiger partial charge < -0.3 is 15.5 Å². The molecule has 8 heteroatoms. The molecule has 29 heavy (non-hydrogen) atoms. The van der Waals surface area contributed by atoms with Crippen LogP contribution in [0.25, 0.3) is 11.3 Å². The Kier molecular flexibility index (Phi) is 7.86. The summed E-state index contributed by atoms with van der Waals surface area (Å²) in [7, 11) is 0. The van der Waals surface area contributed by atoms with E-state index in [1.165, 1.54) is 12.8 Å². The van der Waals surface area contributed by atoms with Gasteiger partial charge in [-0.25, -0.2) is 9.97 Å². The van der Waals surface area contributed by atoms with Gasteiger partial charge in [0.1, 0.15) is 0 Å². The quantitative estimate of drug-likeness (QED) is 0.795. The third-order valence-electron chi connectivity index (χ3n) is 5.66. The van der Waals surface area contributed by atoms with Gasteiger partial charge in [0.15, 0.2) is 0 Å². The predicted octanol–water partition coefficient (Wildman–Crippen LogP) is 3.38. The molecular weight excluding hydrogens is 409 g/mol. The minimum absolute atomic E-state index is 0. The maximum Gasteiger partial charge on any atom is 0.253 e. The van der Waals surface area contributed by atoms with Crippen molar-refractivity contribution in [1.82, 2.24) is 14.9 Å². The highest BCUT2D eigenvalue weighted by atomic mass is 35.5. The number of nitrogens with two attached hydrogens (primary N) is 1. The van der Waals surface area contributed by atoms with Gasteiger partial charge in [0.2, 0.25) is 5.95 Å². The first-order valence-electron chi connectivity index (χ1n) is 9.78. The fourth-order valence-electron chi connectivity index (χ4n) is 3.91. The average molecular weight is 438 g/mol.